The third-order valence-electron chi connectivity index (χ3n) is 4.07. The van der Waals surface area contributed by atoms with E-state index in [0.717, 1.165) is 23.8 Å². The SMILES string of the molecule is O=C(Nc1nnc(Cc2ccc3c(c2)OCO3)o1)c1cc([N+](=O)[O-])cc([N+](=O)[O-])c1. The lowest BCUT2D eigenvalue weighted by atomic mass is 10.1. The molecular formula is C17H11N5O8. The molecule has 0 saturated carbocycles. The number of carbonyl (C=O) groups excluding carboxylic acids is 1. The molecule has 152 valence electrons. The van der Waals surface area contributed by atoms with Crippen molar-refractivity contribution in [1.29, 1.82) is 0 Å². The Balaban J connectivity index is 1.49. The summed E-state index contributed by atoms with van der Waals surface area (Å²) in [6.45, 7) is 0.144. The van der Waals surface area contributed by atoms with E-state index >= 15 is 0 Å². The highest BCUT2D eigenvalue weighted by molar-refractivity contribution is 6.04. The zero-order chi connectivity index (χ0) is 21.3. The molecule has 1 aromatic heterocycles. The summed E-state index contributed by atoms with van der Waals surface area (Å²) in [6.07, 6.45) is 0.252. The first-order chi connectivity index (χ1) is 14.4. The van der Waals surface area contributed by atoms with E-state index in [1.165, 1.54) is 0 Å². The van der Waals surface area contributed by atoms with Gasteiger partial charge in [-0.15, -0.1) is 5.10 Å². The summed E-state index contributed by atoms with van der Waals surface area (Å²) >= 11 is 0. The number of nitro benzene ring substituents is 2. The summed E-state index contributed by atoms with van der Waals surface area (Å²) in [4.78, 5) is 32.6. The highest BCUT2D eigenvalue weighted by Gasteiger charge is 2.21. The van der Waals surface area contributed by atoms with Gasteiger partial charge in [-0.05, 0) is 17.7 Å². The summed E-state index contributed by atoms with van der Waals surface area (Å²) in [7, 11) is 0. The van der Waals surface area contributed by atoms with Crippen molar-refractivity contribution in [3.63, 3.8) is 0 Å². The van der Waals surface area contributed by atoms with Crippen LogP contribution in [0.3, 0.4) is 0 Å². The number of nitro groups is 2. The molecule has 1 aliphatic rings. The van der Waals surface area contributed by atoms with Crippen molar-refractivity contribution < 1.29 is 28.5 Å². The topological polar surface area (TPSA) is 173 Å². The normalized spacial score (nSPS) is 11.9. The van der Waals surface area contributed by atoms with Crippen LogP contribution in [0.5, 0.6) is 11.5 Å². The number of hydrogen-bond donors (Lipinski definition) is 1. The van der Waals surface area contributed by atoms with Crippen LogP contribution in [0, 0.1) is 20.2 Å². The zero-order valence-corrected chi connectivity index (χ0v) is 14.9. The van der Waals surface area contributed by atoms with Crippen LogP contribution in [-0.4, -0.2) is 32.7 Å². The standard InChI is InChI=1S/C17H11N5O8/c23-16(10-5-11(21(24)25)7-12(6-10)22(26)27)18-17-20-19-15(30-17)4-9-1-2-13-14(3-9)29-8-28-13/h1-3,5-7H,4,8H2,(H,18,20,23). The van der Waals surface area contributed by atoms with Crippen LogP contribution in [0.4, 0.5) is 17.4 Å². The molecule has 0 unspecified atom stereocenters. The Morgan fingerprint density at radius 1 is 1.00 bits per heavy atom. The second kappa shape index (κ2) is 7.46. The number of fused-ring (bicyclic) bond motifs is 1. The maximum Gasteiger partial charge on any atom is 0.322 e. The number of nitrogens with one attached hydrogen (secondary N) is 1. The first-order valence-electron chi connectivity index (χ1n) is 8.35. The van der Waals surface area contributed by atoms with Gasteiger partial charge in [0.05, 0.1) is 27.9 Å². The van der Waals surface area contributed by atoms with Gasteiger partial charge in [-0.25, -0.2) is 0 Å². The number of anilines is 1. The average molecular weight is 413 g/mol. The Kier molecular flexibility index (Phi) is 4.67. The van der Waals surface area contributed by atoms with E-state index in [2.05, 4.69) is 15.5 Å². The van der Waals surface area contributed by atoms with Gasteiger partial charge in [0, 0.05) is 12.1 Å². The van der Waals surface area contributed by atoms with Crippen molar-refractivity contribution in [2.24, 2.45) is 0 Å². The molecule has 0 spiro atoms. The number of amides is 1. The Morgan fingerprint density at radius 2 is 1.70 bits per heavy atom. The van der Waals surface area contributed by atoms with Crippen LogP contribution in [0.1, 0.15) is 21.8 Å². The quantitative estimate of drug-likeness (QED) is 0.467. The van der Waals surface area contributed by atoms with E-state index in [0.29, 0.717) is 11.5 Å². The third kappa shape index (κ3) is 3.84. The molecule has 1 amide bonds. The van der Waals surface area contributed by atoms with Crippen molar-refractivity contribution in [3.8, 4) is 11.5 Å². The van der Waals surface area contributed by atoms with Gasteiger partial charge < -0.3 is 13.9 Å². The fourth-order valence-corrected chi connectivity index (χ4v) is 2.71. The van der Waals surface area contributed by atoms with E-state index in [-0.39, 0.29) is 30.7 Å². The Labute approximate surface area is 166 Å². The Bertz CT molecular complexity index is 1140. The van der Waals surface area contributed by atoms with Crippen LogP contribution >= 0.6 is 0 Å². The fraction of sp³-hybridized carbons (Fsp3) is 0.118. The van der Waals surface area contributed by atoms with Gasteiger partial charge in [-0.2, -0.15) is 0 Å². The molecule has 2 aromatic carbocycles. The maximum absolute atomic E-state index is 12.3. The highest BCUT2D eigenvalue weighted by Crippen LogP contribution is 2.33. The predicted molar refractivity (Wildman–Crippen MR) is 97.4 cm³/mol. The molecule has 13 nitrogen and oxygen atoms in total. The summed E-state index contributed by atoms with van der Waals surface area (Å²) in [5, 5.41) is 31.7. The Morgan fingerprint density at radius 3 is 2.40 bits per heavy atom. The van der Waals surface area contributed by atoms with Gasteiger partial charge in [0.15, 0.2) is 11.5 Å². The molecule has 13 heteroatoms. The summed E-state index contributed by atoms with van der Waals surface area (Å²) < 4.78 is 15.9. The lowest BCUT2D eigenvalue weighted by Gasteiger charge is -2.02. The zero-order valence-electron chi connectivity index (χ0n) is 14.9. The summed E-state index contributed by atoms with van der Waals surface area (Å²) in [5.41, 5.74) is -0.687. The Hall–Kier alpha value is -4.55. The monoisotopic (exact) mass is 413 g/mol. The second-order valence-electron chi connectivity index (χ2n) is 6.07. The van der Waals surface area contributed by atoms with Crippen LogP contribution in [0.2, 0.25) is 0 Å². The first-order valence-corrected chi connectivity index (χ1v) is 8.35. The van der Waals surface area contributed by atoms with Crippen LogP contribution < -0.4 is 14.8 Å². The second-order valence-corrected chi connectivity index (χ2v) is 6.07. The molecular weight excluding hydrogens is 402 g/mol. The van der Waals surface area contributed by atoms with Crippen molar-refractivity contribution >= 4 is 23.3 Å². The van der Waals surface area contributed by atoms with Crippen molar-refractivity contribution in [2.45, 2.75) is 6.42 Å². The molecule has 0 atom stereocenters. The molecule has 2 heterocycles. The van der Waals surface area contributed by atoms with Crippen LogP contribution in [0.15, 0.2) is 40.8 Å². The molecule has 0 fully saturated rings. The minimum atomic E-state index is -0.875. The van der Waals surface area contributed by atoms with E-state index < -0.39 is 27.1 Å². The smallest absolute Gasteiger partial charge is 0.322 e. The predicted octanol–water partition coefficient (Wildman–Crippen LogP) is 2.46. The lowest BCUT2D eigenvalue weighted by molar-refractivity contribution is -0.394. The number of benzene rings is 2. The third-order valence-corrected chi connectivity index (χ3v) is 4.07. The molecule has 0 aliphatic carbocycles. The van der Waals surface area contributed by atoms with Gasteiger partial charge in [0.25, 0.3) is 17.3 Å². The number of hydrogen-bond acceptors (Lipinski definition) is 10. The van der Waals surface area contributed by atoms with Gasteiger partial charge in [0.2, 0.25) is 12.7 Å². The lowest BCUT2D eigenvalue weighted by Crippen LogP contribution is -2.13. The van der Waals surface area contributed by atoms with Gasteiger partial charge in [0.1, 0.15) is 0 Å². The van der Waals surface area contributed by atoms with E-state index in [9.17, 15) is 25.0 Å². The summed E-state index contributed by atoms with van der Waals surface area (Å²) in [5.74, 6) is 0.533. The average Bonchev–Trinajstić information content (AvgIpc) is 3.36. The molecule has 0 radical (unpaired) electrons. The van der Waals surface area contributed by atoms with Gasteiger partial charge in [-0.1, -0.05) is 11.2 Å². The molecule has 0 bridgehead atoms. The molecule has 4 rings (SSSR count). The number of nitrogens with zero attached hydrogens (tertiary/aromatic N) is 4. The minimum absolute atomic E-state index is 0.144. The minimum Gasteiger partial charge on any atom is -0.454 e. The molecule has 30 heavy (non-hydrogen) atoms. The molecule has 1 N–H and O–H groups in total. The number of aromatic nitrogens is 2. The highest BCUT2D eigenvalue weighted by atomic mass is 16.7. The van der Waals surface area contributed by atoms with Gasteiger partial charge in [-0.3, -0.25) is 30.3 Å². The first kappa shape index (κ1) is 18.8. The van der Waals surface area contributed by atoms with Crippen molar-refractivity contribution in [3.05, 3.63) is 73.6 Å². The van der Waals surface area contributed by atoms with Crippen LogP contribution in [-0.2, 0) is 6.42 Å². The number of carbonyl (C=O) groups is 1. The number of non-ortho nitro benzene ring substituents is 2. The van der Waals surface area contributed by atoms with Crippen molar-refractivity contribution in [1.82, 2.24) is 10.2 Å². The molecule has 0 saturated heterocycles. The number of rotatable bonds is 6. The fourth-order valence-electron chi connectivity index (χ4n) is 2.71. The largest absolute Gasteiger partial charge is 0.454 e. The van der Waals surface area contributed by atoms with E-state index in [1.54, 1.807) is 18.2 Å². The summed E-state index contributed by atoms with van der Waals surface area (Å²) in [6, 6.07) is 7.60. The molecule has 1 aliphatic heterocycles. The van der Waals surface area contributed by atoms with Crippen molar-refractivity contribution in [2.75, 3.05) is 12.1 Å². The van der Waals surface area contributed by atoms with Gasteiger partial charge >= 0.3 is 6.01 Å². The maximum atomic E-state index is 12.3. The molecule has 3 aromatic rings. The van der Waals surface area contributed by atoms with Crippen LogP contribution in [0.25, 0.3) is 0 Å². The van der Waals surface area contributed by atoms with E-state index in [4.69, 9.17) is 13.9 Å². The number of ether oxygens (including phenoxy) is 2. The van der Waals surface area contributed by atoms with E-state index in [1.807, 2.05) is 0 Å².